The maximum absolute atomic E-state index is 12.1. The minimum Gasteiger partial charge on any atom is -0.379 e. The summed E-state index contributed by atoms with van der Waals surface area (Å²) in [5.74, 6) is -0.427. The van der Waals surface area contributed by atoms with Gasteiger partial charge in [0.15, 0.2) is 0 Å². The molecule has 0 radical (unpaired) electrons. The molecule has 0 atom stereocenters. The summed E-state index contributed by atoms with van der Waals surface area (Å²) in [7, 11) is -3.36. The molecule has 1 fully saturated rings. The van der Waals surface area contributed by atoms with Crippen LogP contribution in [0.3, 0.4) is 0 Å². The third-order valence-corrected chi connectivity index (χ3v) is 5.56. The second-order valence-electron chi connectivity index (χ2n) is 5.22. The number of sulfonamides is 1. The van der Waals surface area contributed by atoms with E-state index < -0.39 is 10.0 Å². The zero-order valence-corrected chi connectivity index (χ0v) is 13.3. The van der Waals surface area contributed by atoms with E-state index in [0.29, 0.717) is 31.9 Å². The van der Waals surface area contributed by atoms with Crippen molar-refractivity contribution in [2.45, 2.75) is 0 Å². The van der Waals surface area contributed by atoms with Gasteiger partial charge in [0.05, 0.1) is 36.3 Å². The molecule has 1 aliphatic rings. The molecule has 1 amide bonds. The topological polar surface area (TPSA) is 104 Å². The van der Waals surface area contributed by atoms with E-state index in [1.807, 2.05) is 0 Å². The predicted molar refractivity (Wildman–Crippen MR) is 84.6 cm³/mol. The third kappa shape index (κ3) is 3.69. The van der Waals surface area contributed by atoms with Gasteiger partial charge >= 0.3 is 0 Å². The number of nitrogens with one attached hydrogen (secondary N) is 2. The van der Waals surface area contributed by atoms with E-state index in [9.17, 15) is 13.2 Å². The number of ether oxygens (including phenoxy) is 1. The standard InChI is InChI=1S/C14H18N4O4S/c19-14(11-1-2-12-13(9-11)17-10-16-12)15-3-8-23(20,21)18-4-6-22-7-5-18/h1-2,9-10H,3-8H2,(H,15,19)(H,16,17). The van der Waals surface area contributed by atoms with Crippen LogP contribution in [0.2, 0.25) is 0 Å². The zero-order valence-electron chi connectivity index (χ0n) is 12.5. The van der Waals surface area contributed by atoms with Gasteiger partial charge < -0.3 is 15.0 Å². The summed E-state index contributed by atoms with van der Waals surface area (Å²) in [6, 6.07) is 5.09. The maximum Gasteiger partial charge on any atom is 0.251 e. The fourth-order valence-electron chi connectivity index (χ4n) is 2.43. The second-order valence-corrected chi connectivity index (χ2v) is 7.31. The van der Waals surface area contributed by atoms with Gasteiger partial charge in [-0.05, 0) is 18.2 Å². The van der Waals surface area contributed by atoms with Crippen molar-refractivity contribution in [2.24, 2.45) is 0 Å². The van der Waals surface area contributed by atoms with Gasteiger partial charge in [0, 0.05) is 25.2 Å². The highest BCUT2D eigenvalue weighted by Crippen LogP contribution is 2.11. The van der Waals surface area contributed by atoms with Gasteiger partial charge in [-0.15, -0.1) is 0 Å². The van der Waals surface area contributed by atoms with Crippen LogP contribution in [0.25, 0.3) is 11.0 Å². The molecule has 23 heavy (non-hydrogen) atoms. The number of benzene rings is 1. The summed E-state index contributed by atoms with van der Waals surface area (Å²) in [5.41, 5.74) is 2.00. The van der Waals surface area contributed by atoms with Gasteiger partial charge in [0.25, 0.3) is 5.91 Å². The molecular formula is C14H18N4O4S. The molecule has 0 saturated carbocycles. The maximum atomic E-state index is 12.1. The number of rotatable bonds is 5. The number of H-pyrrole nitrogens is 1. The van der Waals surface area contributed by atoms with Crippen LogP contribution in [-0.2, 0) is 14.8 Å². The van der Waals surface area contributed by atoms with Crippen molar-refractivity contribution < 1.29 is 17.9 Å². The van der Waals surface area contributed by atoms with Crippen molar-refractivity contribution in [3.05, 3.63) is 30.1 Å². The Morgan fingerprint density at radius 3 is 2.91 bits per heavy atom. The van der Waals surface area contributed by atoms with Crippen molar-refractivity contribution >= 4 is 27.0 Å². The van der Waals surface area contributed by atoms with Crippen LogP contribution in [0.4, 0.5) is 0 Å². The van der Waals surface area contributed by atoms with Gasteiger partial charge in [-0.25, -0.2) is 13.4 Å². The Bertz CT molecular complexity index is 796. The highest BCUT2D eigenvalue weighted by Gasteiger charge is 2.24. The van der Waals surface area contributed by atoms with Crippen LogP contribution < -0.4 is 5.32 Å². The second kappa shape index (κ2) is 6.65. The number of aromatic nitrogens is 2. The van der Waals surface area contributed by atoms with Crippen LogP contribution >= 0.6 is 0 Å². The summed E-state index contributed by atoms with van der Waals surface area (Å²) < 4.78 is 30.8. The molecule has 2 heterocycles. The zero-order chi connectivity index (χ0) is 16.3. The van der Waals surface area contributed by atoms with E-state index >= 15 is 0 Å². The van der Waals surface area contributed by atoms with Crippen molar-refractivity contribution in [3.8, 4) is 0 Å². The summed E-state index contributed by atoms with van der Waals surface area (Å²) in [5, 5.41) is 2.64. The average molecular weight is 338 g/mol. The Balaban J connectivity index is 1.56. The van der Waals surface area contributed by atoms with E-state index in [2.05, 4.69) is 15.3 Å². The number of nitrogens with zero attached hydrogens (tertiary/aromatic N) is 2. The van der Waals surface area contributed by atoms with Crippen LogP contribution in [0.15, 0.2) is 24.5 Å². The van der Waals surface area contributed by atoms with E-state index in [1.165, 1.54) is 4.31 Å². The van der Waals surface area contributed by atoms with Gasteiger partial charge in [-0.1, -0.05) is 0 Å². The number of aromatic amines is 1. The lowest BCUT2D eigenvalue weighted by molar-refractivity contribution is 0.0730. The molecule has 2 aromatic rings. The van der Waals surface area contributed by atoms with Gasteiger partial charge in [0.1, 0.15) is 0 Å². The van der Waals surface area contributed by atoms with Gasteiger partial charge in [-0.3, -0.25) is 4.79 Å². The lowest BCUT2D eigenvalue weighted by Crippen LogP contribution is -2.43. The van der Waals surface area contributed by atoms with Crippen LogP contribution in [0.5, 0.6) is 0 Å². The minimum atomic E-state index is -3.36. The molecule has 8 nitrogen and oxygen atoms in total. The van der Waals surface area contributed by atoms with Crippen molar-refractivity contribution in [1.29, 1.82) is 0 Å². The molecule has 0 unspecified atom stereocenters. The highest BCUT2D eigenvalue weighted by molar-refractivity contribution is 7.89. The summed E-state index contributed by atoms with van der Waals surface area (Å²) in [6.45, 7) is 1.63. The molecule has 0 bridgehead atoms. The van der Waals surface area contributed by atoms with Gasteiger partial charge in [-0.2, -0.15) is 4.31 Å². The minimum absolute atomic E-state index is 0.0690. The fourth-order valence-corrected chi connectivity index (χ4v) is 3.75. The van der Waals surface area contributed by atoms with Gasteiger partial charge in [0.2, 0.25) is 10.0 Å². The van der Waals surface area contributed by atoms with E-state index in [0.717, 1.165) is 11.0 Å². The molecule has 9 heteroatoms. The van der Waals surface area contributed by atoms with E-state index in [-0.39, 0.29) is 18.2 Å². The molecule has 1 aromatic heterocycles. The Hall–Kier alpha value is -1.97. The van der Waals surface area contributed by atoms with Crippen molar-refractivity contribution in [1.82, 2.24) is 19.6 Å². The lowest BCUT2D eigenvalue weighted by atomic mass is 10.2. The Morgan fingerprint density at radius 1 is 1.35 bits per heavy atom. The normalized spacial score (nSPS) is 16.5. The predicted octanol–water partition coefficient (Wildman–Crippen LogP) is -0.0453. The lowest BCUT2D eigenvalue weighted by Gasteiger charge is -2.26. The molecule has 0 spiro atoms. The molecule has 2 N–H and O–H groups in total. The van der Waals surface area contributed by atoms with Crippen molar-refractivity contribution in [2.75, 3.05) is 38.6 Å². The van der Waals surface area contributed by atoms with Crippen LogP contribution in [-0.4, -0.2) is 67.2 Å². The fraction of sp³-hybridized carbons (Fsp3) is 0.429. The van der Waals surface area contributed by atoms with E-state index in [1.54, 1.807) is 24.5 Å². The number of hydrogen-bond acceptors (Lipinski definition) is 5. The van der Waals surface area contributed by atoms with Crippen LogP contribution in [0, 0.1) is 0 Å². The number of hydrogen-bond donors (Lipinski definition) is 2. The number of carbonyl (C=O) groups is 1. The van der Waals surface area contributed by atoms with E-state index in [4.69, 9.17) is 4.74 Å². The molecule has 0 aliphatic carbocycles. The molecule has 1 aromatic carbocycles. The molecule has 3 rings (SSSR count). The largest absolute Gasteiger partial charge is 0.379 e. The number of fused-ring (bicyclic) bond motifs is 1. The number of amides is 1. The SMILES string of the molecule is O=C(NCCS(=O)(=O)N1CCOCC1)c1ccc2nc[nH]c2c1. The Kier molecular flexibility index (Phi) is 4.60. The molecular weight excluding hydrogens is 320 g/mol. The molecule has 124 valence electrons. The average Bonchev–Trinajstić information content (AvgIpc) is 3.03. The first-order valence-corrected chi connectivity index (χ1v) is 8.94. The monoisotopic (exact) mass is 338 g/mol. The van der Waals surface area contributed by atoms with Crippen molar-refractivity contribution in [3.63, 3.8) is 0 Å². The molecule has 1 aliphatic heterocycles. The first kappa shape index (κ1) is 15.9. The quantitative estimate of drug-likeness (QED) is 0.796. The van der Waals surface area contributed by atoms with Crippen LogP contribution in [0.1, 0.15) is 10.4 Å². The smallest absolute Gasteiger partial charge is 0.251 e. The first-order valence-electron chi connectivity index (χ1n) is 7.33. The summed E-state index contributed by atoms with van der Waals surface area (Å²) in [4.78, 5) is 19.1. The first-order chi connectivity index (χ1) is 11.1. The highest BCUT2D eigenvalue weighted by atomic mass is 32.2. The summed E-state index contributed by atoms with van der Waals surface area (Å²) >= 11 is 0. The molecule has 1 saturated heterocycles. The summed E-state index contributed by atoms with van der Waals surface area (Å²) in [6.07, 6.45) is 1.56. The number of imidazole rings is 1. The Labute approximate surface area is 133 Å². The Morgan fingerprint density at radius 2 is 2.13 bits per heavy atom. The number of carbonyl (C=O) groups excluding carboxylic acids is 1. The number of morpholine rings is 1. The third-order valence-electron chi connectivity index (χ3n) is 3.69.